The van der Waals surface area contributed by atoms with Gasteiger partial charge in [0.15, 0.2) is 0 Å². The van der Waals surface area contributed by atoms with E-state index in [4.69, 9.17) is 11.5 Å². The number of benzene rings is 2. The van der Waals surface area contributed by atoms with Crippen molar-refractivity contribution in [3.63, 3.8) is 0 Å². The summed E-state index contributed by atoms with van der Waals surface area (Å²) in [7, 11) is 1.54. The number of rotatable bonds is 9. The standard InChI is InChI=1S/C23H26N6O4/c1-27(15-19(31)28(13-12-18(24)30)17-10-6-3-7-11-17)20-21(25)29(23(33)26-22(20)32)14-16-8-4-2-5-9-16/h2-11H,12-15,25H2,1H3,(H2,24,30)(H,26,32,33). The number of carbonyl (C=O) groups excluding carboxylic acids is 2. The first-order valence-electron chi connectivity index (χ1n) is 10.3. The number of likely N-dealkylation sites (N-methyl/N-ethyl adjacent to an activating group) is 1. The molecule has 10 heteroatoms. The lowest BCUT2D eigenvalue weighted by atomic mass is 10.2. The Labute approximate surface area is 190 Å². The summed E-state index contributed by atoms with van der Waals surface area (Å²) >= 11 is 0. The number of aromatic nitrogens is 2. The number of hydrogen-bond acceptors (Lipinski definition) is 6. The van der Waals surface area contributed by atoms with Crippen LogP contribution in [0, 0.1) is 0 Å². The fourth-order valence-electron chi connectivity index (χ4n) is 3.46. The Hall–Kier alpha value is -4.34. The van der Waals surface area contributed by atoms with Crippen LogP contribution in [0.25, 0.3) is 0 Å². The summed E-state index contributed by atoms with van der Waals surface area (Å²) < 4.78 is 1.25. The van der Waals surface area contributed by atoms with Gasteiger partial charge in [-0.2, -0.15) is 0 Å². The first kappa shape index (κ1) is 23.3. The highest BCUT2D eigenvalue weighted by atomic mass is 16.2. The van der Waals surface area contributed by atoms with Crippen molar-refractivity contribution in [2.45, 2.75) is 13.0 Å². The van der Waals surface area contributed by atoms with Crippen molar-refractivity contribution in [2.75, 3.05) is 35.7 Å². The molecule has 1 heterocycles. The number of primary amides is 1. The number of nitrogens with zero attached hydrogens (tertiary/aromatic N) is 3. The van der Waals surface area contributed by atoms with Crippen LogP contribution >= 0.6 is 0 Å². The molecule has 33 heavy (non-hydrogen) atoms. The average Bonchev–Trinajstić information content (AvgIpc) is 2.78. The first-order chi connectivity index (χ1) is 15.8. The number of nitrogens with two attached hydrogens (primary N) is 2. The largest absolute Gasteiger partial charge is 0.383 e. The van der Waals surface area contributed by atoms with Crippen molar-refractivity contribution in [2.24, 2.45) is 5.73 Å². The van der Waals surface area contributed by atoms with Gasteiger partial charge in [0.05, 0.1) is 13.1 Å². The molecule has 1 aromatic heterocycles. The Morgan fingerprint density at radius 2 is 1.61 bits per heavy atom. The molecule has 172 valence electrons. The molecule has 0 aliphatic carbocycles. The smallest absolute Gasteiger partial charge is 0.330 e. The Morgan fingerprint density at radius 1 is 1.00 bits per heavy atom. The van der Waals surface area contributed by atoms with Crippen LogP contribution in [0.1, 0.15) is 12.0 Å². The third-order valence-electron chi connectivity index (χ3n) is 5.10. The van der Waals surface area contributed by atoms with E-state index in [1.807, 2.05) is 36.4 Å². The van der Waals surface area contributed by atoms with Crippen molar-refractivity contribution in [1.82, 2.24) is 9.55 Å². The lowest BCUT2D eigenvalue weighted by Crippen LogP contribution is -2.43. The second-order valence-electron chi connectivity index (χ2n) is 7.52. The van der Waals surface area contributed by atoms with Crippen LogP contribution in [-0.4, -0.2) is 41.5 Å². The molecule has 0 fully saturated rings. The predicted molar refractivity (Wildman–Crippen MR) is 127 cm³/mol. The van der Waals surface area contributed by atoms with E-state index in [0.29, 0.717) is 5.69 Å². The number of hydrogen-bond donors (Lipinski definition) is 3. The normalized spacial score (nSPS) is 10.6. The molecule has 0 atom stereocenters. The van der Waals surface area contributed by atoms with Crippen molar-refractivity contribution in [1.29, 1.82) is 0 Å². The van der Waals surface area contributed by atoms with Crippen molar-refractivity contribution in [3.05, 3.63) is 87.1 Å². The van der Waals surface area contributed by atoms with Gasteiger partial charge >= 0.3 is 5.69 Å². The van der Waals surface area contributed by atoms with Gasteiger partial charge in [0.2, 0.25) is 11.8 Å². The number of H-pyrrole nitrogens is 1. The van der Waals surface area contributed by atoms with Crippen molar-refractivity contribution < 1.29 is 9.59 Å². The summed E-state index contributed by atoms with van der Waals surface area (Å²) in [5, 5.41) is 0. The highest BCUT2D eigenvalue weighted by molar-refractivity contribution is 5.97. The number of nitrogens with one attached hydrogen (secondary N) is 1. The van der Waals surface area contributed by atoms with E-state index in [1.165, 1.54) is 21.4 Å². The van der Waals surface area contributed by atoms with Gasteiger partial charge in [-0.1, -0.05) is 48.5 Å². The molecule has 10 nitrogen and oxygen atoms in total. The fourth-order valence-corrected chi connectivity index (χ4v) is 3.46. The summed E-state index contributed by atoms with van der Waals surface area (Å²) in [6.45, 7) is 0.0294. The molecule has 3 rings (SSSR count). The van der Waals surface area contributed by atoms with Gasteiger partial charge in [0.25, 0.3) is 5.56 Å². The molecule has 0 bridgehead atoms. The van der Waals surface area contributed by atoms with E-state index < -0.39 is 17.2 Å². The van der Waals surface area contributed by atoms with Crippen LogP contribution in [0.2, 0.25) is 0 Å². The lowest BCUT2D eigenvalue weighted by molar-refractivity contribution is -0.118. The third-order valence-corrected chi connectivity index (χ3v) is 5.10. The molecule has 5 N–H and O–H groups in total. The van der Waals surface area contributed by atoms with Gasteiger partial charge in [0.1, 0.15) is 11.5 Å². The predicted octanol–water partition coefficient (Wildman–Crippen LogP) is 0.512. The molecule has 0 saturated carbocycles. The van der Waals surface area contributed by atoms with E-state index in [-0.39, 0.29) is 43.5 Å². The fraction of sp³-hybridized carbons (Fsp3) is 0.217. The summed E-state index contributed by atoms with van der Waals surface area (Å²) in [6, 6.07) is 18.0. The van der Waals surface area contributed by atoms with E-state index in [0.717, 1.165) is 5.56 Å². The minimum absolute atomic E-state index is 0.00166. The van der Waals surface area contributed by atoms with Crippen molar-refractivity contribution >= 4 is 29.0 Å². The number of anilines is 3. The second-order valence-corrected chi connectivity index (χ2v) is 7.52. The Balaban J connectivity index is 1.89. The molecule has 2 aromatic carbocycles. The average molecular weight is 450 g/mol. The maximum Gasteiger partial charge on any atom is 0.330 e. The van der Waals surface area contributed by atoms with Gasteiger partial charge in [-0.05, 0) is 17.7 Å². The maximum atomic E-state index is 13.1. The molecule has 0 unspecified atom stereocenters. The lowest BCUT2D eigenvalue weighted by Gasteiger charge is -2.27. The van der Waals surface area contributed by atoms with Crippen LogP contribution < -0.4 is 32.5 Å². The highest BCUT2D eigenvalue weighted by Gasteiger charge is 2.22. The number of carbonyl (C=O) groups is 2. The SMILES string of the molecule is CN(CC(=O)N(CCC(N)=O)c1ccccc1)c1c(N)n(Cc2ccccc2)c(=O)[nH]c1=O. The third kappa shape index (κ3) is 5.67. The van der Waals surface area contributed by atoms with Gasteiger partial charge in [-0.15, -0.1) is 0 Å². The quantitative estimate of drug-likeness (QED) is 0.433. The topological polar surface area (TPSA) is 148 Å². The zero-order valence-electron chi connectivity index (χ0n) is 18.2. The molecule has 3 aromatic rings. The minimum Gasteiger partial charge on any atom is -0.383 e. The van der Waals surface area contributed by atoms with Crippen LogP contribution in [0.15, 0.2) is 70.3 Å². The van der Waals surface area contributed by atoms with E-state index in [9.17, 15) is 19.2 Å². The molecule has 0 radical (unpaired) electrons. The molecule has 2 amide bonds. The Kier molecular flexibility index (Phi) is 7.29. The van der Waals surface area contributed by atoms with E-state index in [2.05, 4.69) is 4.98 Å². The molecule has 0 saturated heterocycles. The maximum absolute atomic E-state index is 13.1. The zero-order chi connectivity index (χ0) is 24.0. The van der Waals surface area contributed by atoms with Crippen LogP contribution in [0.4, 0.5) is 17.2 Å². The number of nitrogen functional groups attached to an aromatic ring is 1. The number of para-hydroxylation sites is 1. The van der Waals surface area contributed by atoms with Gasteiger partial charge < -0.3 is 21.3 Å². The van der Waals surface area contributed by atoms with E-state index >= 15 is 0 Å². The number of amides is 2. The second kappa shape index (κ2) is 10.3. The summed E-state index contributed by atoms with van der Waals surface area (Å²) in [6.07, 6.45) is -0.0188. The molecular formula is C23H26N6O4. The summed E-state index contributed by atoms with van der Waals surface area (Å²) in [5.74, 6) is -0.957. The highest BCUT2D eigenvalue weighted by Crippen LogP contribution is 2.18. The van der Waals surface area contributed by atoms with E-state index in [1.54, 1.807) is 24.3 Å². The van der Waals surface area contributed by atoms with Crippen LogP contribution in [0.3, 0.4) is 0 Å². The Morgan fingerprint density at radius 3 is 2.21 bits per heavy atom. The molecular weight excluding hydrogens is 424 g/mol. The van der Waals surface area contributed by atoms with Crippen molar-refractivity contribution in [3.8, 4) is 0 Å². The first-order valence-corrected chi connectivity index (χ1v) is 10.3. The molecule has 0 spiro atoms. The monoisotopic (exact) mass is 450 g/mol. The van der Waals surface area contributed by atoms with Crippen LogP contribution in [-0.2, 0) is 16.1 Å². The summed E-state index contributed by atoms with van der Waals surface area (Å²) in [4.78, 5) is 54.4. The zero-order valence-corrected chi connectivity index (χ0v) is 18.2. The van der Waals surface area contributed by atoms with Gasteiger partial charge in [0, 0.05) is 25.7 Å². The summed E-state index contributed by atoms with van der Waals surface area (Å²) in [5.41, 5.74) is 11.6. The molecule has 0 aliphatic rings. The van der Waals surface area contributed by atoms with Gasteiger partial charge in [-0.3, -0.25) is 23.9 Å². The minimum atomic E-state index is -0.694. The van der Waals surface area contributed by atoms with Crippen LogP contribution in [0.5, 0.6) is 0 Å². The van der Waals surface area contributed by atoms with Gasteiger partial charge in [-0.25, -0.2) is 4.79 Å². The number of aromatic amines is 1. The molecule has 0 aliphatic heterocycles. The Bertz CT molecular complexity index is 1240.